The van der Waals surface area contributed by atoms with Crippen LogP contribution in [0.3, 0.4) is 0 Å². The van der Waals surface area contributed by atoms with Gasteiger partial charge in [0.2, 0.25) is 5.91 Å². The summed E-state index contributed by atoms with van der Waals surface area (Å²) in [5.41, 5.74) is 3.17. The molecule has 0 spiro atoms. The Morgan fingerprint density at radius 3 is 2.00 bits per heavy atom. The van der Waals surface area contributed by atoms with E-state index in [1.165, 1.54) is 5.56 Å². The van der Waals surface area contributed by atoms with E-state index in [4.69, 9.17) is 4.74 Å². The van der Waals surface area contributed by atoms with Crippen molar-refractivity contribution in [2.75, 3.05) is 13.2 Å². The third-order valence-electron chi connectivity index (χ3n) is 5.85. The fraction of sp³-hybridized carbons (Fsp3) is 0.333. The van der Waals surface area contributed by atoms with Crippen LogP contribution in [0, 0.1) is 5.92 Å². The number of nitrogens with one attached hydrogen (secondary N) is 1. The number of aryl methyl sites for hydroxylation is 1. The third-order valence-corrected chi connectivity index (χ3v) is 5.85. The minimum Gasteiger partial charge on any atom is -0.484 e. The molecule has 0 heterocycles. The highest BCUT2D eigenvalue weighted by Crippen LogP contribution is 2.17. The van der Waals surface area contributed by atoms with Crippen LogP contribution in [0.4, 0.5) is 0 Å². The smallest absolute Gasteiger partial charge is 0.261 e. The molecule has 0 aliphatic heterocycles. The van der Waals surface area contributed by atoms with Crippen molar-refractivity contribution in [3.8, 4) is 5.75 Å². The Morgan fingerprint density at radius 2 is 1.43 bits per heavy atom. The molecule has 0 aliphatic carbocycles. The predicted octanol–water partition coefficient (Wildman–Crippen LogP) is 5.04. The Labute approximate surface area is 209 Å². The van der Waals surface area contributed by atoms with Gasteiger partial charge in [-0.05, 0) is 41.2 Å². The molecule has 3 aromatic carbocycles. The van der Waals surface area contributed by atoms with Crippen LogP contribution in [0.15, 0.2) is 84.9 Å². The minimum absolute atomic E-state index is 0.138. The molecule has 0 saturated heterocycles. The first-order valence-electron chi connectivity index (χ1n) is 12.3. The van der Waals surface area contributed by atoms with Crippen LogP contribution < -0.4 is 10.1 Å². The molecule has 184 valence electrons. The summed E-state index contributed by atoms with van der Waals surface area (Å²) in [6.07, 6.45) is 1.37. The van der Waals surface area contributed by atoms with Crippen LogP contribution in [-0.2, 0) is 29.0 Å². The number of carbonyl (C=O) groups is 2. The highest BCUT2D eigenvalue weighted by molar-refractivity contribution is 5.88. The minimum atomic E-state index is -0.657. The number of rotatable bonds is 12. The molecule has 1 N–H and O–H groups in total. The number of amides is 2. The summed E-state index contributed by atoms with van der Waals surface area (Å²) in [5, 5.41) is 3.04. The van der Waals surface area contributed by atoms with Crippen LogP contribution in [0.1, 0.15) is 37.5 Å². The summed E-state index contributed by atoms with van der Waals surface area (Å²) in [4.78, 5) is 28.6. The summed E-state index contributed by atoms with van der Waals surface area (Å²) in [6.45, 7) is 6.94. The first-order chi connectivity index (χ1) is 17.0. The van der Waals surface area contributed by atoms with E-state index in [-0.39, 0.29) is 18.4 Å². The molecule has 5 nitrogen and oxygen atoms in total. The molecule has 0 aromatic heterocycles. The summed E-state index contributed by atoms with van der Waals surface area (Å²) < 4.78 is 5.84. The van der Waals surface area contributed by atoms with Crippen LogP contribution >= 0.6 is 0 Å². The lowest BCUT2D eigenvalue weighted by atomic mass is 10.0. The van der Waals surface area contributed by atoms with Gasteiger partial charge >= 0.3 is 0 Å². The summed E-state index contributed by atoms with van der Waals surface area (Å²) in [5.74, 6) is 0.566. The second-order valence-corrected chi connectivity index (χ2v) is 9.14. The topological polar surface area (TPSA) is 58.6 Å². The van der Waals surface area contributed by atoms with Gasteiger partial charge in [0.25, 0.3) is 5.91 Å². The van der Waals surface area contributed by atoms with Gasteiger partial charge in [-0.15, -0.1) is 0 Å². The van der Waals surface area contributed by atoms with Gasteiger partial charge in [0, 0.05) is 19.5 Å². The van der Waals surface area contributed by atoms with E-state index in [0.29, 0.717) is 31.2 Å². The number of ether oxygens (including phenoxy) is 1. The van der Waals surface area contributed by atoms with Gasteiger partial charge in [0.1, 0.15) is 11.8 Å². The number of nitrogens with zero attached hydrogens (tertiary/aromatic N) is 1. The third kappa shape index (κ3) is 8.29. The van der Waals surface area contributed by atoms with Gasteiger partial charge in [-0.1, -0.05) is 93.6 Å². The maximum atomic E-state index is 13.5. The van der Waals surface area contributed by atoms with E-state index in [0.717, 1.165) is 17.5 Å². The second-order valence-electron chi connectivity index (χ2n) is 9.14. The van der Waals surface area contributed by atoms with Gasteiger partial charge in [0.15, 0.2) is 6.61 Å². The number of hydrogen-bond donors (Lipinski definition) is 1. The molecule has 0 radical (unpaired) electrons. The average Bonchev–Trinajstić information content (AvgIpc) is 2.89. The maximum absolute atomic E-state index is 13.5. The number of carbonyl (C=O) groups excluding carboxylic acids is 2. The standard InChI is InChI=1S/C30H36N2O3/c1-4-24-15-17-27(18-16-24)35-22-29(33)32(21-26-13-9-6-10-14-26)28(30(34)31-20-23(2)3)19-25-11-7-5-8-12-25/h5-18,23,28H,4,19-22H2,1-3H3,(H,31,34)/t28-/m1/s1. The molecule has 0 unspecified atom stereocenters. The summed E-state index contributed by atoms with van der Waals surface area (Å²) >= 11 is 0. The van der Waals surface area contributed by atoms with Crippen molar-refractivity contribution >= 4 is 11.8 Å². The van der Waals surface area contributed by atoms with Crippen LogP contribution in [-0.4, -0.2) is 35.9 Å². The molecule has 3 aromatic rings. The molecule has 0 bridgehead atoms. The zero-order valence-corrected chi connectivity index (χ0v) is 20.9. The van der Waals surface area contributed by atoms with Gasteiger partial charge in [-0.3, -0.25) is 9.59 Å². The average molecular weight is 473 g/mol. The number of hydrogen-bond acceptors (Lipinski definition) is 3. The Hall–Kier alpha value is -3.60. The van der Waals surface area contributed by atoms with Crippen molar-refractivity contribution in [1.29, 1.82) is 0 Å². The highest BCUT2D eigenvalue weighted by atomic mass is 16.5. The summed E-state index contributed by atoms with van der Waals surface area (Å²) in [6, 6.07) is 26.7. The largest absolute Gasteiger partial charge is 0.484 e. The Morgan fingerprint density at radius 1 is 0.829 bits per heavy atom. The van der Waals surface area contributed by atoms with Crippen molar-refractivity contribution in [2.24, 2.45) is 5.92 Å². The Bertz CT molecular complexity index is 1050. The highest BCUT2D eigenvalue weighted by Gasteiger charge is 2.30. The predicted molar refractivity (Wildman–Crippen MR) is 140 cm³/mol. The van der Waals surface area contributed by atoms with Crippen molar-refractivity contribution in [1.82, 2.24) is 10.2 Å². The fourth-order valence-corrected chi connectivity index (χ4v) is 3.81. The quantitative estimate of drug-likeness (QED) is 0.402. The van der Waals surface area contributed by atoms with E-state index in [9.17, 15) is 9.59 Å². The van der Waals surface area contributed by atoms with Crippen molar-refractivity contribution < 1.29 is 14.3 Å². The van der Waals surface area contributed by atoms with E-state index in [2.05, 4.69) is 26.1 Å². The summed E-state index contributed by atoms with van der Waals surface area (Å²) in [7, 11) is 0. The van der Waals surface area contributed by atoms with Crippen LogP contribution in [0.2, 0.25) is 0 Å². The normalized spacial score (nSPS) is 11.7. The first kappa shape index (κ1) is 26.0. The lowest BCUT2D eigenvalue weighted by Gasteiger charge is -2.31. The zero-order chi connectivity index (χ0) is 25.0. The maximum Gasteiger partial charge on any atom is 0.261 e. The van der Waals surface area contributed by atoms with Gasteiger partial charge < -0.3 is 15.0 Å². The molecule has 0 aliphatic rings. The molecule has 0 fully saturated rings. The van der Waals surface area contributed by atoms with Gasteiger partial charge in [0.05, 0.1) is 0 Å². The van der Waals surface area contributed by atoms with E-state index < -0.39 is 6.04 Å². The zero-order valence-electron chi connectivity index (χ0n) is 20.9. The molecular weight excluding hydrogens is 436 g/mol. The lowest BCUT2D eigenvalue weighted by Crippen LogP contribution is -2.52. The molecule has 1 atom stereocenters. The molecule has 35 heavy (non-hydrogen) atoms. The molecule has 2 amide bonds. The molecule has 0 saturated carbocycles. The SMILES string of the molecule is CCc1ccc(OCC(=O)N(Cc2ccccc2)[C@H](Cc2ccccc2)C(=O)NCC(C)C)cc1. The van der Waals surface area contributed by atoms with Gasteiger partial charge in [-0.25, -0.2) is 0 Å². The first-order valence-corrected chi connectivity index (χ1v) is 12.3. The van der Waals surface area contributed by atoms with E-state index in [1.807, 2.05) is 84.9 Å². The van der Waals surface area contributed by atoms with E-state index >= 15 is 0 Å². The molecule has 3 rings (SSSR count). The fourth-order valence-electron chi connectivity index (χ4n) is 3.81. The monoisotopic (exact) mass is 472 g/mol. The van der Waals surface area contributed by atoms with Crippen molar-refractivity contribution in [3.05, 3.63) is 102 Å². The Balaban J connectivity index is 1.85. The van der Waals surface area contributed by atoms with Crippen LogP contribution in [0.5, 0.6) is 5.75 Å². The lowest BCUT2D eigenvalue weighted by molar-refractivity contribution is -0.142. The van der Waals surface area contributed by atoms with Gasteiger partial charge in [-0.2, -0.15) is 0 Å². The molecular formula is C30H36N2O3. The van der Waals surface area contributed by atoms with Crippen LogP contribution in [0.25, 0.3) is 0 Å². The Kier molecular flexibility index (Phi) is 9.91. The number of benzene rings is 3. The van der Waals surface area contributed by atoms with Crippen molar-refractivity contribution in [3.63, 3.8) is 0 Å². The van der Waals surface area contributed by atoms with Crippen molar-refractivity contribution in [2.45, 2.75) is 46.2 Å². The molecule has 5 heteroatoms. The second kappa shape index (κ2) is 13.3. The van der Waals surface area contributed by atoms with E-state index in [1.54, 1.807) is 4.90 Å².